The highest BCUT2D eigenvalue weighted by atomic mass is 32.1. The fourth-order valence-electron chi connectivity index (χ4n) is 1.67. The fourth-order valence-corrected chi connectivity index (χ4v) is 2.48. The summed E-state index contributed by atoms with van der Waals surface area (Å²) >= 11 is 1.20. The molecule has 0 spiro atoms. The van der Waals surface area contributed by atoms with Crippen LogP contribution in [0.3, 0.4) is 0 Å². The molecule has 1 aromatic heterocycles. The van der Waals surface area contributed by atoms with E-state index in [-0.39, 0.29) is 5.69 Å². The van der Waals surface area contributed by atoms with Gasteiger partial charge in [-0.1, -0.05) is 12.1 Å². The number of thiazole rings is 1. The van der Waals surface area contributed by atoms with Crippen molar-refractivity contribution in [2.45, 2.75) is 13.8 Å². The molecule has 5 nitrogen and oxygen atoms in total. The molecule has 2 rings (SSSR count). The van der Waals surface area contributed by atoms with Gasteiger partial charge in [0.2, 0.25) is 0 Å². The van der Waals surface area contributed by atoms with Crippen LogP contribution in [0.2, 0.25) is 0 Å². The van der Waals surface area contributed by atoms with Gasteiger partial charge in [-0.25, -0.2) is 14.2 Å². The van der Waals surface area contributed by atoms with Crippen LogP contribution in [0.15, 0.2) is 24.3 Å². The lowest BCUT2D eigenvalue weighted by molar-refractivity contribution is -0.119. The Morgan fingerprint density at radius 1 is 1.33 bits per heavy atom. The zero-order valence-corrected chi connectivity index (χ0v) is 12.3. The van der Waals surface area contributed by atoms with Crippen molar-refractivity contribution in [3.8, 4) is 0 Å². The van der Waals surface area contributed by atoms with Crippen molar-refractivity contribution in [2.75, 3.05) is 11.9 Å². The Bertz CT molecular complexity index is 685. The minimum atomic E-state index is -0.609. The van der Waals surface area contributed by atoms with Gasteiger partial charge >= 0.3 is 5.97 Å². The average Bonchev–Trinajstić information content (AvgIpc) is 2.78. The summed E-state index contributed by atoms with van der Waals surface area (Å²) in [6.45, 7) is 2.99. The molecule has 0 saturated carbocycles. The molecule has 1 aromatic carbocycles. The second-order valence-electron chi connectivity index (χ2n) is 4.25. The number of carbonyl (C=O) groups is 2. The van der Waals surface area contributed by atoms with E-state index in [2.05, 4.69) is 10.3 Å². The molecule has 0 radical (unpaired) electrons. The van der Waals surface area contributed by atoms with Crippen molar-refractivity contribution in [2.24, 2.45) is 0 Å². The Morgan fingerprint density at radius 2 is 2.05 bits per heavy atom. The number of nitrogens with zero attached hydrogens (tertiary/aromatic N) is 1. The number of ether oxygens (including phenoxy) is 1. The zero-order valence-electron chi connectivity index (χ0n) is 11.5. The Balaban J connectivity index is 1.91. The summed E-state index contributed by atoms with van der Waals surface area (Å²) in [5.74, 6) is -1.76. The van der Waals surface area contributed by atoms with Crippen LogP contribution >= 0.6 is 11.3 Å². The van der Waals surface area contributed by atoms with Crippen LogP contribution < -0.4 is 5.32 Å². The molecular formula is C14H13FN2O3S. The Hall–Kier alpha value is -2.28. The average molecular weight is 308 g/mol. The lowest BCUT2D eigenvalue weighted by Gasteiger charge is -2.06. The Labute approximate surface area is 124 Å². The Morgan fingerprint density at radius 3 is 2.67 bits per heavy atom. The first kappa shape index (κ1) is 15.1. The molecule has 7 heteroatoms. The summed E-state index contributed by atoms with van der Waals surface area (Å²) in [5, 5.41) is 3.08. The summed E-state index contributed by atoms with van der Waals surface area (Å²) in [6, 6.07) is 5.75. The zero-order chi connectivity index (χ0) is 15.4. The van der Waals surface area contributed by atoms with E-state index in [1.165, 1.54) is 29.5 Å². The number of hydrogen-bond donors (Lipinski definition) is 1. The third-order valence-corrected chi connectivity index (χ3v) is 3.62. The van der Waals surface area contributed by atoms with Crippen LogP contribution in [0.1, 0.15) is 20.4 Å². The maximum absolute atomic E-state index is 13.3. The minimum absolute atomic E-state index is 0.0448. The van der Waals surface area contributed by atoms with Gasteiger partial charge in [0, 0.05) is 0 Å². The maximum Gasteiger partial charge on any atom is 0.350 e. The quantitative estimate of drug-likeness (QED) is 0.882. The molecule has 0 aliphatic heterocycles. The number of anilines is 1. The van der Waals surface area contributed by atoms with Crippen LogP contribution in [0.25, 0.3) is 0 Å². The number of carbonyl (C=O) groups excluding carboxylic acids is 2. The molecule has 0 fully saturated rings. The van der Waals surface area contributed by atoms with E-state index in [0.717, 1.165) is 5.01 Å². The highest BCUT2D eigenvalue weighted by molar-refractivity contribution is 7.13. The van der Waals surface area contributed by atoms with Crippen molar-refractivity contribution < 1.29 is 18.7 Å². The van der Waals surface area contributed by atoms with Gasteiger partial charge < -0.3 is 10.1 Å². The van der Waals surface area contributed by atoms with E-state index in [0.29, 0.717) is 10.6 Å². The molecule has 110 valence electrons. The number of esters is 1. The van der Waals surface area contributed by atoms with Crippen molar-refractivity contribution >= 4 is 28.9 Å². The van der Waals surface area contributed by atoms with Gasteiger partial charge in [0.1, 0.15) is 10.7 Å². The third kappa shape index (κ3) is 3.85. The molecule has 0 atom stereocenters. The van der Waals surface area contributed by atoms with Crippen molar-refractivity contribution in [3.63, 3.8) is 0 Å². The van der Waals surface area contributed by atoms with Gasteiger partial charge in [0.15, 0.2) is 6.61 Å². The predicted octanol–water partition coefficient (Wildman–Crippen LogP) is 2.69. The smallest absolute Gasteiger partial charge is 0.350 e. The molecule has 1 heterocycles. The molecule has 2 aromatic rings. The number of halogens is 1. The van der Waals surface area contributed by atoms with Crippen LogP contribution in [-0.2, 0) is 9.53 Å². The molecule has 0 saturated heterocycles. The summed E-state index contributed by atoms with van der Waals surface area (Å²) in [6.07, 6.45) is 0. The number of para-hydroxylation sites is 1. The summed E-state index contributed by atoms with van der Waals surface area (Å²) in [5.41, 5.74) is 0.611. The first-order valence-corrected chi connectivity index (χ1v) is 6.94. The highest BCUT2D eigenvalue weighted by Crippen LogP contribution is 2.18. The number of rotatable bonds is 4. The molecule has 0 aliphatic rings. The predicted molar refractivity (Wildman–Crippen MR) is 76.9 cm³/mol. The van der Waals surface area contributed by atoms with Gasteiger partial charge in [-0.3, -0.25) is 4.79 Å². The largest absolute Gasteiger partial charge is 0.451 e. The van der Waals surface area contributed by atoms with Gasteiger partial charge in [-0.15, -0.1) is 11.3 Å². The van der Waals surface area contributed by atoms with Crippen molar-refractivity contribution in [3.05, 3.63) is 45.7 Å². The maximum atomic E-state index is 13.3. The molecule has 0 bridgehead atoms. The number of hydrogen-bond acceptors (Lipinski definition) is 5. The first-order valence-electron chi connectivity index (χ1n) is 6.13. The van der Waals surface area contributed by atoms with E-state index in [4.69, 9.17) is 4.74 Å². The second-order valence-corrected chi connectivity index (χ2v) is 5.45. The van der Waals surface area contributed by atoms with Crippen LogP contribution in [-0.4, -0.2) is 23.5 Å². The van der Waals surface area contributed by atoms with E-state index in [1.807, 2.05) is 0 Å². The number of benzene rings is 1. The lowest BCUT2D eigenvalue weighted by atomic mass is 10.3. The molecule has 0 unspecified atom stereocenters. The van der Waals surface area contributed by atoms with Gasteiger partial charge in [-0.05, 0) is 26.0 Å². The number of aromatic nitrogens is 1. The molecule has 1 N–H and O–H groups in total. The van der Waals surface area contributed by atoms with Crippen molar-refractivity contribution in [1.29, 1.82) is 0 Å². The summed E-state index contributed by atoms with van der Waals surface area (Å²) in [7, 11) is 0. The minimum Gasteiger partial charge on any atom is -0.451 e. The molecule has 0 aliphatic carbocycles. The first-order chi connectivity index (χ1) is 9.97. The molecule has 21 heavy (non-hydrogen) atoms. The summed E-state index contributed by atoms with van der Waals surface area (Å²) < 4.78 is 18.2. The number of aryl methyl sites for hydroxylation is 2. The van der Waals surface area contributed by atoms with Gasteiger partial charge in [0.25, 0.3) is 5.91 Å². The number of amides is 1. The van der Waals surface area contributed by atoms with Crippen LogP contribution in [0.5, 0.6) is 0 Å². The summed E-state index contributed by atoms with van der Waals surface area (Å²) in [4.78, 5) is 27.9. The molecular weight excluding hydrogens is 295 g/mol. The van der Waals surface area contributed by atoms with E-state index in [1.54, 1.807) is 19.9 Å². The van der Waals surface area contributed by atoms with Crippen LogP contribution in [0.4, 0.5) is 10.1 Å². The topological polar surface area (TPSA) is 68.3 Å². The van der Waals surface area contributed by atoms with Gasteiger partial charge in [0.05, 0.1) is 16.4 Å². The monoisotopic (exact) mass is 308 g/mol. The Kier molecular flexibility index (Phi) is 4.64. The van der Waals surface area contributed by atoms with E-state index in [9.17, 15) is 14.0 Å². The fraction of sp³-hybridized carbons (Fsp3) is 0.214. The normalized spacial score (nSPS) is 10.2. The number of nitrogens with one attached hydrogen (secondary N) is 1. The molecule has 1 amide bonds. The van der Waals surface area contributed by atoms with Crippen LogP contribution in [0, 0.1) is 19.7 Å². The highest BCUT2D eigenvalue weighted by Gasteiger charge is 2.17. The van der Waals surface area contributed by atoms with Gasteiger partial charge in [-0.2, -0.15) is 0 Å². The van der Waals surface area contributed by atoms with Crippen molar-refractivity contribution in [1.82, 2.24) is 4.98 Å². The van der Waals surface area contributed by atoms with E-state index >= 15 is 0 Å². The second kappa shape index (κ2) is 6.45. The standard InChI is InChI=1S/C14H13FN2O3S/c1-8-13(21-9(2)16-8)14(19)20-7-12(18)17-11-6-4-3-5-10(11)15/h3-6H,7H2,1-2H3,(H,17,18). The third-order valence-electron chi connectivity index (χ3n) is 2.57. The lowest BCUT2D eigenvalue weighted by Crippen LogP contribution is -2.21. The SMILES string of the molecule is Cc1nc(C)c(C(=O)OCC(=O)Nc2ccccc2F)s1. The van der Waals surface area contributed by atoms with E-state index < -0.39 is 24.3 Å².